The zero-order valence-corrected chi connectivity index (χ0v) is 20.1. The van der Waals surface area contributed by atoms with E-state index >= 15 is 0 Å². The van der Waals surface area contributed by atoms with Gasteiger partial charge in [0.25, 0.3) is 5.56 Å². The highest BCUT2D eigenvalue weighted by Gasteiger charge is 2.19. The lowest BCUT2D eigenvalue weighted by Crippen LogP contribution is -2.21. The van der Waals surface area contributed by atoms with E-state index in [2.05, 4.69) is 6.92 Å². The highest BCUT2D eigenvalue weighted by atomic mass is 35.5. The van der Waals surface area contributed by atoms with E-state index in [9.17, 15) is 9.18 Å². The van der Waals surface area contributed by atoms with Crippen molar-refractivity contribution in [3.8, 4) is 5.69 Å². The number of hydrogen-bond acceptors (Lipinski definition) is 4. The van der Waals surface area contributed by atoms with Crippen molar-refractivity contribution in [2.75, 3.05) is 0 Å². The molecule has 31 heavy (non-hydrogen) atoms. The molecule has 4 aromatic rings. The van der Waals surface area contributed by atoms with Crippen LogP contribution in [0, 0.1) is 12.7 Å². The number of fused-ring (bicyclic) bond motifs is 1. The summed E-state index contributed by atoms with van der Waals surface area (Å²) in [6.07, 6.45) is 1.91. The molecule has 0 unspecified atom stereocenters. The molecule has 0 bridgehead atoms. The lowest BCUT2D eigenvalue weighted by atomic mass is 10.1. The molecule has 0 aliphatic rings. The van der Waals surface area contributed by atoms with Crippen LogP contribution in [0.1, 0.15) is 29.3 Å². The summed E-state index contributed by atoms with van der Waals surface area (Å²) >= 11 is 15.2. The van der Waals surface area contributed by atoms with Crippen LogP contribution in [0.25, 0.3) is 15.9 Å². The van der Waals surface area contributed by atoms with E-state index in [1.54, 1.807) is 34.1 Å². The average Bonchev–Trinajstić information content (AvgIpc) is 3.06. The molecule has 0 spiro atoms. The molecule has 0 radical (unpaired) electrons. The Morgan fingerprint density at radius 3 is 2.55 bits per heavy atom. The lowest BCUT2D eigenvalue weighted by molar-refractivity contribution is 0.627. The summed E-state index contributed by atoms with van der Waals surface area (Å²) in [6, 6.07) is 11.4. The van der Waals surface area contributed by atoms with Gasteiger partial charge in [0, 0.05) is 10.6 Å². The molecule has 0 saturated heterocycles. The van der Waals surface area contributed by atoms with Crippen LogP contribution in [0.5, 0.6) is 0 Å². The number of halogens is 3. The summed E-state index contributed by atoms with van der Waals surface area (Å²) in [5.74, 6) is 0.204. The molecule has 0 saturated carbocycles. The minimum atomic E-state index is -0.354. The summed E-state index contributed by atoms with van der Waals surface area (Å²) in [5, 5.41) is 2.17. The fourth-order valence-corrected chi connectivity index (χ4v) is 5.96. The number of thiophene rings is 1. The molecule has 4 rings (SSSR count). The molecule has 0 amide bonds. The van der Waals surface area contributed by atoms with Gasteiger partial charge in [-0.3, -0.25) is 9.36 Å². The molecular weight excluding hydrogens is 474 g/mol. The van der Waals surface area contributed by atoms with Crippen LogP contribution >= 0.6 is 46.3 Å². The van der Waals surface area contributed by atoms with Gasteiger partial charge in [-0.25, -0.2) is 9.37 Å². The molecular formula is C23H19Cl2FN2OS2. The first-order chi connectivity index (χ1) is 14.9. The number of hydrogen-bond donors (Lipinski definition) is 0. The van der Waals surface area contributed by atoms with Crippen LogP contribution in [-0.2, 0) is 12.2 Å². The molecule has 8 heteroatoms. The number of thioether (sulfide) groups is 1. The second-order valence-electron chi connectivity index (χ2n) is 7.13. The molecule has 2 aromatic carbocycles. The predicted molar refractivity (Wildman–Crippen MR) is 130 cm³/mol. The van der Waals surface area contributed by atoms with E-state index in [4.69, 9.17) is 28.2 Å². The van der Waals surface area contributed by atoms with Crippen LogP contribution in [-0.4, -0.2) is 9.55 Å². The maximum absolute atomic E-state index is 13.6. The van der Waals surface area contributed by atoms with E-state index in [1.165, 1.54) is 28.8 Å². The zero-order valence-electron chi connectivity index (χ0n) is 16.9. The number of aromatic nitrogens is 2. The Morgan fingerprint density at radius 2 is 1.87 bits per heavy atom. The second kappa shape index (κ2) is 9.33. The summed E-state index contributed by atoms with van der Waals surface area (Å²) in [5.41, 5.74) is 2.40. The van der Waals surface area contributed by atoms with Gasteiger partial charge in [0.05, 0.1) is 21.1 Å². The van der Waals surface area contributed by atoms with Crippen LogP contribution in [0.15, 0.2) is 52.4 Å². The maximum atomic E-state index is 13.6. The fourth-order valence-electron chi connectivity index (χ4n) is 3.37. The van der Waals surface area contributed by atoms with E-state index in [0.717, 1.165) is 28.8 Å². The van der Waals surface area contributed by atoms with Crippen LogP contribution in [0.2, 0.25) is 10.0 Å². The Morgan fingerprint density at radius 1 is 1.13 bits per heavy atom. The first-order valence-electron chi connectivity index (χ1n) is 9.76. The predicted octanol–water partition coefficient (Wildman–Crippen LogP) is 7.45. The van der Waals surface area contributed by atoms with Crippen molar-refractivity contribution < 1.29 is 4.39 Å². The van der Waals surface area contributed by atoms with Gasteiger partial charge in [-0.15, -0.1) is 11.3 Å². The molecule has 0 aliphatic carbocycles. The topological polar surface area (TPSA) is 34.9 Å². The maximum Gasteiger partial charge on any atom is 0.267 e. The quantitative estimate of drug-likeness (QED) is 0.207. The summed E-state index contributed by atoms with van der Waals surface area (Å²) in [4.78, 5) is 20.3. The van der Waals surface area contributed by atoms with E-state index in [-0.39, 0.29) is 11.4 Å². The van der Waals surface area contributed by atoms with Gasteiger partial charge >= 0.3 is 0 Å². The Bertz CT molecular complexity index is 1320. The molecule has 160 valence electrons. The number of nitrogens with zero attached hydrogens (tertiary/aromatic N) is 2. The average molecular weight is 493 g/mol. The van der Waals surface area contributed by atoms with Gasteiger partial charge in [0.2, 0.25) is 0 Å². The van der Waals surface area contributed by atoms with Crippen LogP contribution in [0.4, 0.5) is 4.39 Å². The number of benzene rings is 2. The first-order valence-corrected chi connectivity index (χ1v) is 12.3. The van der Waals surface area contributed by atoms with Gasteiger partial charge in [-0.05, 0) is 60.9 Å². The lowest BCUT2D eigenvalue weighted by Gasteiger charge is -2.12. The minimum absolute atomic E-state index is 0.135. The Labute approximate surface area is 197 Å². The van der Waals surface area contributed by atoms with Crippen molar-refractivity contribution in [2.24, 2.45) is 0 Å². The van der Waals surface area contributed by atoms with E-state index in [1.807, 2.05) is 19.1 Å². The normalized spacial score (nSPS) is 11.4. The zero-order chi connectivity index (χ0) is 22.1. The Kier molecular flexibility index (Phi) is 6.72. The van der Waals surface area contributed by atoms with Crippen molar-refractivity contribution in [1.82, 2.24) is 9.55 Å². The van der Waals surface area contributed by atoms with Crippen LogP contribution < -0.4 is 5.56 Å². The molecule has 0 aliphatic heterocycles. The van der Waals surface area contributed by atoms with Crippen molar-refractivity contribution in [2.45, 2.75) is 37.6 Å². The minimum Gasteiger partial charge on any atom is -0.268 e. The smallest absolute Gasteiger partial charge is 0.267 e. The van der Waals surface area contributed by atoms with E-state index < -0.39 is 0 Å². The monoisotopic (exact) mass is 492 g/mol. The highest BCUT2D eigenvalue weighted by molar-refractivity contribution is 7.98. The molecule has 0 fully saturated rings. The van der Waals surface area contributed by atoms with Crippen molar-refractivity contribution >= 4 is 56.5 Å². The molecule has 2 aromatic heterocycles. The summed E-state index contributed by atoms with van der Waals surface area (Å²) in [7, 11) is 0. The van der Waals surface area contributed by atoms with Gasteiger partial charge < -0.3 is 0 Å². The van der Waals surface area contributed by atoms with Crippen LogP contribution in [0.3, 0.4) is 0 Å². The third-order valence-corrected chi connectivity index (χ3v) is 7.94. The molecule has 2 heterocycles. The SMILES string of the molecule is CCCc1sc2nc(SCc3ccc(Cl)c(Cl)c3)n(-c3ccc(F)cc3)c(=O)c2c1C. The van der Waals surface area contributed by atoms with Gasteiger partial charge in [-0.2, -0.15) is 0 Å². The Hall–Kier alpha value is -1.86. The summed E-state index contributed by atoms with van der Waals surface area (Å²) in [6.45, 7) is 4.09. The Balaban J connectivity index is 1.84. The molecule has 0 atom stereocenters. The van der Waals surface area contributed by atoms with Crippen molar-refractivity contribution in [1.29, 1.82) is 0 Å². The van der Waals surface area contributed by atoms with Gasteiger partial charge in [-0.1, -0.05) is 54.4 Å². The van der Waals surface area contributed by atoms with Gasteiger partial charge in [0.15, 0.2) is 5.16 Å². The van der Waals surface area contributed by atoms with Gasteiger partial charge in [0.1, 0.15) is 10.6 Å². The largest absolute Gasteiger partial charge is 0.268 e. The number of aryl methyl sites for hydroxylation is 2. The van der Waals surface area contributed by atoms with Crippen molar-refractivity contribution in [3.05, 3.63) is 84.7 Å². The fraction of sp³-hybridized carbons (Fsp3) is 0.217. The number of rotatable bonds is 6. The third kappa shape index (κ3) is 4.53. The second-order valence-corrected chi connectivity index (χ2v) is 9.97. The van der Waals surface area contributed by atoms with E-state index in [0.29, 0.717) is 32.0 Å². The van der Waals surface area contributed by atoms with Crippen molar-refractivity contribution in [3.63, 3.8) is 0 Å². The third-order valence-electron chi connectivity index (χ3n) is 4.95. The molecule has 3 nitrogen and oxygen atoms in total. The first kappa shape index (κ1) is 22.3. The highest BCUT2D eigenvalue weighted by Crippen LogP contribution is 2.32. The standard InChI is InChI=1S/C23H19Cl2FN2OS2/c1-3-4-19-13(2)20-21(31-19)27-23(30-12-14-5-10-17(24)18(25)11-14)28(22(20)29)16-8-6-15(26)7-9-16/h5-11H,3-4,12H2,1-2H3. The summed E-state index contributed by atoms with van der Waals surface area (Å²) < 4.78 is 15.1. The molecule has 0 N–H and O–H groups in total.